The summed E-state index contributed by atoms with van der Waals surface area (Å²) in [6, 6.07) is 16.1. The lowest BCUT2D eigenvalue weighted by Crippen LogP contribution is -2.47. The number of benzene rings is 1. The zero-order valence-corrected chi connectivity index (χ0v) is 26.7. The monoisotopic (exact) mass is 625 g/mol. The van der Waals surface area contributed by atoms with Crippen molar-refractivity contribution in [3.8, 4) is 5.88 Å². The number of nitrogens with zero attached hydrogens (tertiary/aromatic N) is 5. The molecule has 5 heterocycles. The molecule has 4 aromatic rings. The molecule has 0 bridgehead atoms. The summed E-state index contributed by atoms with van der Waals surface area (Å²) >= 11 is 6.22. The first-order valence-electron chi connectivity index (χ1n) is 15.9. The van der Waals surface area contributed by atoms with Crippen LogP contribution in [0.4, 0.5) is 17.3 Å². The summed E-state index contributed by atoms with van der Waals surface area (Å²) in [6.07, 6.45) is 6.03. The largest absolute Gasteiger partial charge is 0.476 e. The molecule has 1 saturated heterocycles. The maximum absolute atomic E-state index is 12.6. The first kappa shape index (κ1) is 29.6. The number of halogens is 1. The number of ether oxygens (including phenoxy) is 1. The van der Waals surface area contributed by atoms with Gasteiger partial charge in [-0.1, -0.05) is 43.2 Å². The molecule has 9 nitrogen and oxygen atoms in total. The molecule has 10 heteroatoms. The molecule has 45 heavy (non-hydrogen) atoms. The number of nitrogens with two attached hydrogens (primary N) is 1. The van der Waals surface area contributed by atoms with E-state index in [9.17, 15) is 4.79 Å². The number of H-pyrrole nitrogens is 1. The lowest BCUT2D eigenvalue weighted by molar-refractivity contribution is 0.100. The number of aromatic nitrogens is 3. The lowest BCUT2D eigenvalue weighted by atomic mass is 9.72. The first-order valence-corrected chi connectivity index (χ1v) is 16.3. The van der Waals surface area contributed by atoms with E-state index in [2.05, 4.69) is 40.8 Å². The van der Waals surface area contributed by atoms with E-state index in [1.54, 1.807) is 5.57 Å². The Balaban J connectivity index is 1.12. The van der Waals surface area contributed by atoms with Crippen LogP contribution in [0.3, 0.4) is 0 Å². The Hall–Kier alpha value is -4.08. The Kier molecular flexibility index (Phi) is 7.91. The normalized spacial score (nSPS) is 18.9. The fourth-order valence-corrected chi connectivity index (χ4v) is 6.99. The average Bonchev–Trinajstić information content (AvgIpc) is 3.39. The summed E-state index contributed by atoms with van der Waals surface area (Å²) < 4.78 is 6.01. The predicted molar refractivity (Wildman–Crippen MR) is 181 cm³/mol. The third-order valence-corrected chi connectivity index (χ3v) is 9.66. The van der Waals surface area contributed by atoms with Crippen LogP contribution in [0.5, 0.6) is 5.88 Å². The number of allylic oxidation sites excluding steroid dienone is 1. The molecule has 0 unspecified atom stereocenters. The molecule has 0 atom stereocenters. The van der Waals surface area contributed by atoms with Gasteiger partial charge in [-0.3, -0.25) is 9.69 Å². The third kappa shape index (κ3) is 6.11. The van der Waals surface area contributed by atoms with Gasteiger partial charge in [0, 0.05) is 55.9 Å². The van der Waals surface area contributed by atoms with Gasteiger partial charge >= 0.3 is 0 Å². The Morgan fingerprint density at radius 2 is 1.84 bits per heavy atom. The van der Waals surface area contributed by atoms with Gasteiger partial charge in [0.1, 0.15) is 23.0 Å². The summed E-state index contributed by atoms with van der Waals surface area (Å²) in [5, 5.41) is 1.74. The number of pyridine rings is 2. The quantitative estimate of drug-likeness (QED) is 0.255. The van der Waals surface area contributed by atoms with Crippen LogP contribution in [0.1, 0.15) is 55.5 Å². The van der Waals surface area contributed by atoms with Crippen molar-refractivity contribution in [1.82, 2.24) is 19.9 Å². The standard InChI is InChI=1S/C35H40ClN7O2/c1-35(2)12-10-25(28(21-35)23-4-6-26(36)7-5-23)22-41-15-17-42(18-16-41)30-9-8-27(31(37)44)33(39-30)43-14-3-19-45-34-29(43)20-24-11-13-38-32(24)40-34/h4-9,11,13,20H,3,10,12,14-19,21-22H2,1-2H3,(H2,37,44)(H,38,40). The molecule has 1 amide bonds. The summed E-state index contributed by atoms with van der Waals surface area (Å²) in [6.45, 7) is 10.5. The number of primary amides is 1. The minimum absolute atomic E-state index is 0.293. The molecular weight excluding hydrogens is 586 g/mol. The van der Waals surface area contributed by atoms with Crippen LogP contribution in [0, 0.1) is 5.41 Å². The molecule has 2 aliphatic heterocycles. The van der Waals surface area contributed by atoms with Gasteiger partial charge in [0.15, 0.2) is 0 Å². The summed E-state index contributed by atoms with van der Waals surface area (Å²) in [4.78, 5) is 32.5. The Morgan fingerprint density at radius 1 is 1.04 bits per heavy atom. The highest BCUT2D eigenvalue weighted by molar-refractivity contribution is 6.30. The van der Waals surface area contributed by atoms with Crippen LogP contribution >= 0.6 is 11.6 Å². The van der Waals surface area contributed by atoms with Crippen LogP contribution in [0.2, 0.25) is 5.02 Å². The average molecular weight is 626 g/mol. The molecule has 7 rings (SSSR count). The van der Waals surface area contributed by atoms with Gasteiger partial charge in [0.05, 0.1) is 12.2 Å². The fourth-order valence-electron chi connectivity index (χ4n) is 6.87. The highest BCUT2D eigenvalue weighted by Crippen LogP contribution is 2.43. The number of hydrogen-bond donors (Lipinski definition) is 2. The minimum atomic E-state index is -0.503. The van der Waals surface area contributed by atoms with Crippen molar-refractivity contribution >= 4 is 51.4 Å². The number of carbonyl (C=O) groups is 1. The lowest BCUT2D eigenvalue weighted by Gasteiger charge is -2.39. The first-order chi connectivity index (χ1) is 21.7. The van der Waals surface area contributed by atoms with Crippen LogP contribution in [0.25, 0.3) is 16.6 Å². The van der Waals surface area contributed by atoms with Crippen molar-refractivity contribution < 1.29 is 9.53 Å². The van der Waals surface area contributed by atoms with E-state index < -0.39 is 5.91 Å². The molecule has 0 radical (unpaired) electrons. The number of aromatic amines is 1. The van der Waals surface area contributed by atoms with Crippen molar-refractivity contribution in [2.45, 2.75) is 39.5 Å². The number of piperazine rings is 1. The summed E-state index contributed by atoms with van der Waals surface area (Å²) in [5.74, 6) is 1.42. The van der Waals surface area contributed by atoms with E-state index in [4.69, 9.17) is 32.0 Å². The highest BCUT2D eigenvalue weighted by atomic mass is 35.5. The molecular formula is C35H40ClN7O2. The number of nitrogens with one attached hydrogen (secondary N) is 1. The van der Waals surface area contributed by atoms with Crippen LogP contribution in [-0.4, -0.2) is 71.6 Å². The Bertz CT molecular complexity index is 1760. The molecule has 0 saturated carbocycles. The number of carbonyl (C=O) groups excluding carboxylic acids is 1. The summed E-state index contributed by atoms with van der Waals surface area (Å²) in [7, 11) is 0. The van der Waals surface area contributed by atoms with Gasteiger partial charge in [-0.2, -0.15) is 4.98 Å². The predicted octanol–water partition coefficient (Wildman–Crippen LogP) is 6.42. The third-order valence-electron chi connectivity index (χ3n) is 9.41. The second-order valence-corrected chi connectivity index (χ2v) is 13.6. The second kappa shape index (κ2) is 12.0. The molecule has 1 fully saturated rings. The molecule has 1 aliphatic carbocycles. The van der Waals surface area contributed by atoms with Gasteiger partial charge in [-0.15, -0.1) is 0 Å². The minimum Gasteiger partial charge on any atom is -0.476 e. The van der Waals surface area contributed by atoms with E-state index in [1.807, 2.05) is 47.5 Å². The van der Waals surface area contributed by atoms with Crippen molar-refractivity contribution in [3.05, 3.63) is 76.5 Å². The molecule has 3 aromatic heterocycles. The topological polar surface area (TPSA) is 104 Å². The maximum atomic E-state index is 12.6. The fraction of sp³-hybridized carbons (Fsp3) is 0.400. The SMILES string of the molecule is CC1(C)CCC(CN2CCN(c3ccc(C(N)=O)c(N4CCCOc5nc6[nH]ccc6cc54)n3)CC2)=C(c2ccc(Cl)cc2)C1. The smallest absolute Gasteiger partial charge is 0.252 e. The van der Waals surface area contributed by atoms with E-state index in [1.165, 1.54) is 17.6 Å². The Labute approximate surface area is 269 Å². The van der Waals surface area contributed by atoms with Gasteiger partial charge < -0.3 is 25.3 Å². The van der Waals surface area contributed by atoms with Crippen molar-refractivity contribution in [3.63, 3.8) is 0 Å². The number of fused-ring (bicyclic) bond motifs is 2. The number of anilines is 3. The van der Waals surface area contributed by atoms with Gasteiger partial charge in [-0.05, 0) is 78.6 Å². The van der Waals surface area contributed by atoms with Crippen LogP contribution in [0.15, 0.2) is 60.3 Å². The van der Waals surface area contributed by atoms with E-state index in [-0.39, 0.29) is 0 Å². The van der Waals surface area contributed by atoms with Crippen molar-refractivity contribution in [1.29, 1.82) is 0 Å². The highest BCUT2D eigenvalue weighted by Gasteiger charge is 2.30. The van der Waals surface area contributed by atoms with E-state index in [0.29, 0.717) is 35.8 Å². The number of rotatable bonds is 6. The Morgan fingerprint density at radius 3 is 2.62 bits per heavy atom. The van der Waals surface area contributed by atoms with Crippen LogP contribution < -0.4 is 20.3 Å². The zero-order chi connectivity index (χ0) is 31.1. The van der Waals surface area contributed by atoms with Gasteiger partial charge in [0.2, 0.25) is 5.88 Å². The molecule has 3 N–H and O–H groups in total. The second-order valence-electron chi connectivity index (χ2n) is 13.2. The van der Waals surface area contributed by atoms with Gasteiger partial charge in [-0.25, -0.2) is 4.98 Å². The molecule has 1 aromatic carbocycles. The van der Waals surface area contributed by atoms with E-state index >= 15 is 0 Å². The molecule has 234 valence electrons. The molecule has 3 aliphatic rings. The summed E-state index contributed by atoms with van der Waals surface area (Å²) in [5.41, 5.74) is 12.4. The van der Waals surface area contributed by atoms with Gasteiger partial charge in [0.25, 0.3) is 5.91 Å². The van der Waals surface area contributed by atoms with Crippen molar-refractivity contribution in [2.24, 2.45) is 11.1 Å². The number of amides is 1. The number of hydrogen-bond acceptors (Lipinski definition) is 7. The van der Waals surface area contributed by atoms with Crippen molar-refractivity contribution in [2.75, 3.05) is 55.7 Å². The maximum Gasteiger partial charge on any atom is 0.252 e. The van der Waals surface area contributed by atoms with E-state index in [0.717, 1.165) is 79.5 Å². The van der Waals surface area contributed by atoms with Crippen LogP contribution in [-0.2, 0) is 0 Å². The zero-order valence-electron chi connectivity index (χ0n) is 26.0. The molecule has 0 spiro atoms.